The summed E-state index contributed by atoms with van der Waals surface area (Å²) in [5.41, 5.74) is 1.88. The first-order valence-corrected chi connectivity index (χ1v) is 17.0. The highest BCUT2D eigenvalue weighted by Crippen LogP contribution is 2.57. The monoisotopic (exact) mass is 541 g/mol. The van der Waals surface area contributed by atoms with Gasteiger partial charge in [0, 0.05) is 9.90 Å². The molecule has 0 unspecified atom stereocenters. The van der Waals surface area contributed by atoms with E-state index in [-0.39, 0.29) is 20.9 Å². The zero-order valence-electron chi connectivity index (χ0n) is 19.2. The van der Waals surface area contributed by atoms with Crippen LogP contribution in [-0.2, 0) is 14.3 Å². The van der Waals surface area contributed by atoms with Crippen molar-refractivity contribution >= 4 is 55.6 Å². The maximum Gasteiger partial charge on any atom is 0.212 e. The molecule has 4 nitrogen and oxygen atoms in total. The van der Waals surface area contributed by atoms with Gasteiger partial charge in [0.05, 0.1) is 21.6 Å². The van der Waals surface area contributed by atoms with Gasteiger partial charge in [-0.2, -0.15) is 0 Å². The summed E-state index contributed by atoms with van der Waals surface area (Å²) in [6, 6.07) is 7.61. The normalized spacial score (nSPS) is 27.7. The van der Waals surface area contributed by atoms with Crippen molar-refractivity contribution in [1.29, 1.82) is 0 Å². The highest BCUT2D eigenvalue weighted by Gasteiger charge is 2.53. The van der Waals surface area contributed by atoms with E-state index in [0.29, 0.717) is 6.42 Å². The van der Waals surface area contributed by atoms with Crippen molar-refractivity contribution in [2.45, 2.75) is 87.2 Å². The van der Waals surface area contributed by atoms with Gasteiger partial charge in [0.25, 0.3) is 0 Å². The van der Waals surface area contributed by atoms with Crippen molar-refractivity contribution in [3.63, 3.8) is 0 Å². The predicted octanol–water partition coefficient (Wildman–Crippen LogP) is 7.07. The summed E-state index contributed by atoms with van der Waals surface area (Å²) in [7, 11) is -5.45. The molecule has 1 saturated carbocycles. The Hall–Kier alpha value is -0.543. The van der Waals surface area contributed by atoms with Crippen molar-refractivity contribution in [3.8, 4) is 0 Å². The summed E-state index contributed by atoms with van der Waals surface area (Å²) in [4.78, 5) is 4.46. The molecule has 1 aromatic carbocycles. The zero-order valence-corrected chi connectivity index (χ0v) is 23.4. The molecule has 0 radical (unpaired) electrons. The van der Waals surface area contributed by atoms with Crippen LogP contribution in [0.4, 0.5) is 0 Å². The molecule has 2 aliphatic carbocycles. The quantitative estimate of drug-likeness (QED) is 0.388. The molecule has 170 valence electrons. The Balaban J connectivity index is 1.66. The van der Waals surface area contributed by atoms with Gasteiger partial charge in [-0.3, -0.25) is 0 Å². The van der Waals surface area contributed by atoms with E-state index < -0.39 is 23.4 Å². The number of hydrogen-bond acceptors (Lipinski definition) is 5. The SMILES string of the molecule is CC(C)(C)[Si](C)(C)O[C@H]1CCC2=C(Br)[C@H](S(=O)(=O)c3nc4ccccc4s3)CC[C@@]21C. The zero-order chi connectivity index (χ0) is 22.8. The first-order chi connectivity index (χ1) is 14.3. The smallest absolute Gasteiger partial charge is 0.212 e. The topological polar surface area (TPSA) is 56.3 Å². The van der Waals surface area contributed by atoms with Crippen LogP contribution in [0.5, 0.6) is 0 Å². The van der Waals surface area contributed by atoms with Crippen LogP contribution in [0.15, 0.2) is 38.7 Å². The Morgan fingerprint density at radius 1 is 1.23 bits per heavy atom. The van der Waals surface area contributed by atoms with Gasteiger partial charge in [-0.25, -0.2) is 13.4 Å². The second-order valence-corrected chi connectivity index (χ2v) is 19.6. The first kappa shape index (κ1) is 23.6. The maximum absolute atomic E-state index is 13.6. The summed E-state index contributed by atoms with van der Waals surface area (Å²) in [6.45, 7) is 13.7. The first-order valence-electron chi connectivity index (χ1n) is 10.9. The van der Waals surface area contributed by atoms with E-state index in [1.165, 1.54) is 16.9 Å². The molecule has 0 N–H and O–H groups in total. The standard InChI is InChI=1S/C23H32BrNO3S2Si/c1-22(2,3)31(5,6)28-19-12-11-15-20(24)18(13-14-23(15,19)4)30(26,27)21-25-16-9-7-8-10-17(16)29-21/h7-10,18-19H,11-14H2,1-6H3/t18-,19+,23+/m1/s1. The van der Waals surface area contributed by atoms with Gasteiger partial charge in [-0.15, -0.1) is 11.3 Å². The molecule has 3 atom stereocenters. The number of para-hydroxylation sites is 1. The van der Waals surface area contributed by atoms with Crippen LogP contribution >= 0.6 is 27.3 Å². The van der Waals surface area contributed by atoms with Gasteiger partial charge in [-0.05, 0) is 55.9 Å². The minimum atomic E-state index is -3.54. The van der Waals surface area contributed by atoms with Crippen LogP contribution in [0.25, 0.3) is 10.2 Å². The minimum Gasteiger partial charge on any atom is -0.413 e. The van der Waals surface area contributed by atoms with Crippen molar-refractivity contribution in [2.75, 3.05) is 0 Å². The molecule has 1 heterocycles. The van der Waals surface area contributed by atoms with Gasteiger partial charge >= 0.3 is 0 Å². The highest BCUT2D eigenvalue weighted by atomic mass is 79.9. The number of aromatic nitrogens is 1. The molecule has 0 saturated heterocycles. The van der Waals surface area contributed by atoms with Crippen molar-refractivity contribution in [1.82, 2.24) is 4.98 Å². The van der Waals surface area contributed by atoms with Crippen LogP contribution in [0.3, 0.4) is 0 Å². The van der Waals surface area contributed by atoms with Gasteiger partial charge in [0.2, 0.25) is 14.2 Å². The third-order valence-electron chi connectivity index (χ3n) is 7.69. The maximum atomic E-state index is 13.6. The third kappa shape index (κ3) is 3.90. The van der Waals surface area contributed by atoms with Crippen LogP contribution in [-0.4, -0.2) is 33.1 Å². The number of halogens is 1. The third-order valence-corrected chi connectivity index (χ3v) is 17.1. The number of nitrogens with zero attached hydrogens (tertiary/aromatic N) is 1. The number of hydrogen-bond donors (Lipinski definition) is 0. The van der Waals surface area contributed by atoms with E-state index in [2.05, 4.69) is 61.7 Å². The molecule has 4 rings (SSSR count). The van der Waals surface area contributed by atoms with Gasteiger partial charge in [0.1, 0.15) is 0 Å². The molecular formula is C23H32BrNO3S2Si. The van der Waals surface area contributed by atoms with E-state index in [1.54, 1.807) is 0 Å². The molecule has 2 aromatic rings. The Morgan fingerprint density at radius 3 is 2.55 bits per heavy atom. The molecule has 1 fully saturated rings. The fourth-order valence-electron chi connectivity index (χ4n) is 4.64. The Morgan fingerprint density at radius 2 is 1.90 bits per heavy atom. The van der Waals surface area contributed by atoms with Crippen molar-refractivity contribution in [2.24, 2.45) is 5.41 Å². The lowest BCUT2D eigenvalue weighted by atomic mass is 9.74. The molecular weight excluding hydrogens is 510 g/mol. The van der Waals surface area contributed by atoms with Crippen LogP contribution in [0.2, 0.25) is 18.1 Å². The second-order valence-electron chi connectivity index (χ2n) is 10.7. The largest absolute Gasteiger partial charge is 0.413 e. The van der Waals surface area contributed by atoms with E-state index in [1.807, 2.05) is 24.3 Å². The average Bonchev–Trinajstić information content (AvgIpc) is 3.23. The number of rotatable bonds is 4. The molecule has 1 aromatic heterocycles. The summed E-state index contributed by atoms with van der Waals surface area (Å²) >= 11 is 5.03. The molecule has 31 heavy (non-hydrogen) atoms. The van der Waals surface area contributed by atoms with Gasteiger partial charge < -0.3 is 4.43 Å². The minimum absolute atomic E-state index is 0.103. The lowest BCUT2D eigenvalue weighted by molar-refractivity contribution is 0.0831. The van der Waals surface area contributed by atoms with Crippen LogP contribution in [0, 0.1) is 5.41 Å². The second kappa shape index (κ2) is 7.76. The summed E-state index contributed by atoms with van der Waals surface area (Å²) < 4.78 is 36.0. The molecule has 0 bridgehead atoms. The molecule has 0 amide bonds. The highest BCUT2D eigenvalue weighted by molar-refractivity contribution is 9.11. The van der Waals surface area contributed by atoms with E-state index >= 15 is 0 Å². The molecule has 0 aliphatic heterocycles. The number of sulfone groups is 1. The summed E-state index contributed by atoms with van der Waals surface area (Å²) in [5, 5.41) is -0.400. The lowest BCUT2D eigenvalue weighted by Gasteiger charge is -2.45. The summed E-state index contributed by atoms with van der Waals surface area (Å²) in [6.07, 6.45) is 3.42. The fraction of sp³-hybridized carbons (Fsp3) is 0.609. The number of fused-ring (bicyclic) bond motifs is 2. The van der Waals surface area contributed by atoms with Crippen molar-refractivity contribution < 1.29 is 12.8 Å². The Bertz CT molecular complexity index is 1120. The average molecular weight is 543 g/mol. The van der Waals surface area contributed by atoms with E-state index in [0.717, 1.165) is 34.0 Å². The van der Waals surface area contributed by atoms with Crippen LogP contribution < -0.4 is 0 Å². The Kier molecular flexibility index (Phi) is 5.91. The number of benzene rings is 1. The Labute approximate surface area is 199 Å². The van der Waals surface area contributed by atoms with Crippen molar-refractivity contribution in [3.05, 3.63) is 34.3 Å². The fourth-order valence-corrected chi connectivity index (χ4v) is 10.8. The van der Waals surface area contributed by atoms with E-state index in [9.17, 15) is 8.42 Å². The van der Waals surface area contributed by atoms with E-state index in [4.69, 9.17) is 4.43 Å². The molecule has 8 heteroatoms. The summed E-state index contributed by atoms with van der Waals surface area (Å²) in [5.74, 6) is 0. The van der Waals surface area contributed by atoms with Gasteiger partial charge in [-0.1, -0.05) is 61.3 Å². The predicted molar refractivity (Wildman–Crippen MR) is 135 cm³/mol. The molecule has 0 spiro atoms. The lowest BCUT2D eigenvalue weighted by Crippen LogP contribution is -2.48. The number of thiazole rings is 1. The van der Waals surface area contributed by atoms with Crippen LogP contribution in [0.1, 0.15) is 53.4 Å². The molecule has 2 aliphatic rings. The van der Waals surface area contributed by atoms with Gasteiger partial charge in [0.15, 0.2) is 8.32 Å².